The molecule has 14 atom stereocenters. The van der Waals surface area contributed by atoms with Gasteiger partial charge in [-0.05, 0) is 97.7 Å². The topological polar surface area (TPSA) is 343 Å². The molecule has 656 valence electrons. The predicted octanol–water partition coefficient (Wildman–Crippen LogP) is 12.0. The van der Waals surface area contributed by atoms with Crippen molar-refractivity contribution in [3.8, 4) is 69.6 Å². The maximum atomic E-state index is 13.8. The first-order chi connectivity index (χ1) is 59.7. The minimum atomic E-state index is -5.31. The fourth-order valence-corrected chi connectivity index (χ4v) is 21.9. The Labute approximate surface area is 726 Å². The number of phenols is 1. The molecule has 6 aromatic rings. The van der Waals surface area contributed by atoms with Crippen molar-refractivity contribution in [1.82, 2.24) is 30.2 Å². The van der Waals surface area contributed by atoms with Crippen molar-refractivity contribution in [2.45, 2.75) is 150 Å². The quantitative estimate of drug-likeness (QED) is 0.0215. The second kappa shape index (κ2) is 36.4. The number of rotatable bonds is 15. The van der Waals surface area contributed by atoms with Crippen molar-refractivity contribution in [3.63, 3.8) is 0 Å². The number of aromatic hydroxyl groups is 1. The summed E-state index contributed by atoms with van der Waals surface area (Å²) < 4.78 is 147. The van der Waals surface area contributed by atoms with Gasteiger partial charge in [-0.25, -0.2) is 14.4 Å². The number of cyclic esters (lactones) is 2. The number of allylic oxidation sites excluding steroid dienone is 1. The molecular weight excluding hydrogens is 1700 g/mol. The molecule has 37 heteroatoms. The summed E-state index contributed by atoms with van der Waals surface area (Å²) >= 11 is 7.14. The van der Waals surface area contributed by atoms with Crippen LogP contribution in [0.5, 0.6) is 57.5 Å². The van der Waals surface area contributed by atoms with Gasteiger partial charge in [0.15, 0.2) is 46.0 Å². The first-order valence-electron chi connectivity index (χ1n) is 39.3. The Bertz CT molecular complexity index is 5540. The summed E-state index contributed by atoms with van der Waals surface area (Å²) in [7, 11) is 2.90. The number of nitriles is 2. The number of halogens is 7. The maximum absolute atomic E-state index is 13.8. The lowest BCUT2D eigenvalue weighted by molar-refractivity contribution is -0.176. The molecule has 2 amide bonds. The number of carbonyl (C=O) groups excluding carboxylic acids is 8. The van der Waals surface area contributed by atoms with Crippen LogP contribution < -0.4 is 53.3 Å². The highest BCUT2D eigenvalue weighted by atomic mass is 35.5. The Balaban J connectivity index is 0.000000183. The average Bonchev–Trinajstić information content (AvgIpc) is 1.42. The van der Waals surface area contributed by atoms with E-state index in [1.54, 1.807) is 55.7 Å². The molecule has 8 unspecified atom stereocenters. The van der Waals surface area contributed by atoms with Gasteiger partial charge in [0.25, 0.3) is 0 Å². The smallest absolute Gasteiger partial charge is 0.471 e. The molecular formula is C88H83ClF6N8O20S2. The lowest BCUT2D eigenvalue weighted by atomic mass is 9.71. The molecule has 28 nitrogen and oxygen atoms in total. The van der Waals surface area contributed by atoms with Gasteiger partial charge in [0, 0.05) is 113 Å². The number of aryl methyl sites for hydroxylation is 2. The number of alkyl halides is 6. The molecule has 4 saturated heterocycles. The second-order valence-electron chi connectivity index (χ2n) is 30.6. The lowest BCUT2D eigenvalue weighted by Crippen LogP contribution is -2.70. The summed E-state index contributed by atoms with van der Waals surface area (Å²) in [6, 6.07) is 16.1. The van der Waals surface area contributed by atoms with Gasteiger partial charge in [0.2, 0.25) is 18.8 Å². The molecule has 10 heterocycles. The second-order valence-corrected chi connectivity index (χ2v) is 33.4. The fraction of sp³-hybridized carbons (Fsp3) is 0.386. The zero-order chi connectivity index (χ0) is 89.7. The number of benzene rings is 6. The highest BCUT2D eigenvalue weighted by molar-refractivity contribution is 7.99. The predicted molar refractivity (Wildman–Crippen MR) is 440 cm³/mol. The Hall–Kier alpha value is -11.8. The van der Waals surface area contributed by atoms with Crippen molar-refractivity contribution in [1.29, 1.82) is 10.5 Å². The van der Waals surface area contributed by atoms with Gasteiger partial charge in [-0.3, -0.25) is 43.6 Å². The van der Waals surface area contributed by atoms with E-state index in [4.69, 9.17) is 63.7 Å². The third-order valence-corrected chi connectivity index (χ3v) is 26.3. The van der Waals surface area contributed by atoms with E-state index in [0.717, 1.165) is 45.8 Å². The lowest BCUT2D eigenvalue weighted by Gasteiger charge is -2.62. The molecule has 125 heavy (non-hydrogen) atoms. The SMILES string of the molecule is C=CCN1C2c3c(cc(C)c(OC)c3O)CC1[C@H](C#N)N1C2[C@@H]2SCC(NC(=O)C(F)(F)F)C(=O)OC[C@H]1c1c3c(c(C)c(OC(C)=O)c12)OCO3.C=CCN1C2c3c(cc(C)c(OC)c3OC(=O)/C=C/c3ccccc3)CC1[C@H](C#N)N1C2[C@@H]2SCC(NC(=O)C(F)(F)F)C(=O)OC[C@H]1c1c3c(c(C)c(OC(C)=O)c12)OCO3.O=C(Cl)/C=C/c1ccccc1. The Kier molecular flexibility index (Phi) is 26.1. The Morgan fingerprint density at radius 2 is 0.976 bits per heavy atom. The number of fused-ring (bicyclic) bond motifs is 18. The van der Waals surface area contributed by atoms with Crippen molar-refractivity contribution < 1.29 is 122 Å². The zero-order valence-corrected chi connectivity index (χ0v) is 70.7. The number of methoxy groups -OCH3 is 2. The molecule has 0 saturated carbocycles. The minimum absolute atomic E-state index is 0.0998. The highest BCUT2D eigenvalue weighted by Gasteiger charge is 2.64. The van der Waals surface area contributed by atoms with E-state index in [-0.39, 0.29) is 72.7 Å². The van der Waals surface area contributed by atoms with Crippen LogP contribution in [0.3, 0.4) is 0 Å². The third-order valence-electron chi connectivity index (χ3n) is 23.4. The standard InChI is InChI=1S/C44H41F3N4O10S.C35H35F3N4O9S.C9H7ClO/c1-6-14-50-27-16-25-15-21(2)36(56-5)40(61-30(53)13-12-24-10-8-7-9-11-24)31(25)34(50)35-41-33-32(39-38(58-20-59-39)22(3)37(33)60-23(4)52)29(51(35)28(27)17-48)18-57-42(54)26(19-62-41)49-43(55)44(45,46)47;1-6-7-41-19-9-17-8-14(2)28(47-5)27(44)22(17)25(41)26-32-24-23(31-30(49-13-50-31)15(3)29(24)51-16(4)43)21(42(26)20(19)10-39)11-48-33(45)18(12-52-32)40-34(46)35(36,37)38;10-9(11)7-6-8-4-2-1-3-5-8/h6-13,15,26-29,34-35,41H,1,14,16,18-20H2,2-5H3,(H,49,55);6,8,18-21,25-26,32,44H,1,7,9,11-13H2,2-5H3,(H,40,46);1-7H/b13-12+;;7-6+/t26?,27?,28-,29-,34?,35?,41+;18?,19?,20-,21-,25?,26?,32+;/m00./s1. The third kappa shape index (κ3) is 16.9. The number of ether oxygens (including phenoxy) is 11. The Morgan fingerprint density at radius 1 is 0.568 bits per heavy atom. The molecule has 10 aliphatic rings. The summed E-state index contributed by atoms with van der Waals surface area (Å²) in [5.41, 5.74) is 8.21. The zero-order valence-electron chi connectivity index (χ0n) is 68.3. The van der Waals surface area contributed by atoms with E-state index in [0.29, 0.717) is 80.0 Å². The van der Waals surface area contributed by atoms with Gasteiger partial charge in [0.1, 0.15) is 48.9 Å². The van der Waals surface area contributed by atoms with Crippen LogP contribution in [0.1, 0.15) is 126 Å². The van der Waals surface area contributed by atoms with Crippen LogP contribution in [0.15, 0.2) is 110 Å². The number of phenolic OH excluding ortho intramolecular Hbond substituents is 1. The van der Waals surface area contributed by atoms with E-state index < -0.39 is 167 Å². The van der Waals surface area contributed by atoms with Crippen LogP contribution in [-0.4, -0.2) is 198 Å². The minimum Gasteiger partial charge on any atom is -0.504 e. The number of hydrogen-bond acceptors (Lipinski definition) is 28. The number of carbonyl (C=O) groups is 8. The number of esters is 5. The summed E-state index contributed by atoms with van der Waals surface area (Å²) in [5, 5.41) is 35.5. The maximum Gasteiger partial charge on any atom is 0.471 e. The largest absolute Gasteiger partial charge is 0.504 e. The number of piperazine rings is 2. The van der Waals surface area contributed by atoms with Crippen molar-refractivity contribution in [2.24, 2.45) is 0 Å². The molecule has 3 N–H and O–H groups in total. The van der Waals surface area contributed by atoms with Crippen LogP contribution in [0.25, 0.3) is 12.2 Å². The van der Waals surface area contributed by atoms with E-state index in [1.165, 1.54) is 40.2 Å². The normalized spacial score (nSPS) is 24.8. The van der Waals surface area contributed by atoms with Crippen LogP contribution in [-0.2, 0) is 60.7 Å². The van der Waals surface area contributed by atoms with Gasteiger partial charge in [-0.2, -0.15) is 36.9 Å². The summed E-state index contributed by atoms with van der Waals surface area (Å²) in [4.78, 5) is 109. The van der Waals surface area contributed by atoms with Gasteiger partial charge in [-0.1, -0.05) is 91.0 Å². The number of nitrogens with zero attached hydrogens (tertiary/aromatic N) is 6. The van der Waals surface area contributed by atoms with Crippen molar-refractivity contribution in [3.05, 3.63) is 188 Å². The first kappa shape index (κ1) is 89.5. The van der Waals surface area contributed by atoms with Crippen LogP contribution in [0, 0.1) is 50.4 Å². The van der Waals surface area contributed by atoms with E-state index in [2.05, 4.69) is 35.1 Å². The molecule has 10 aliphatic heterocycles. The summed E-state index contributed by atoms with van der Waals surface area (Å²) in [6.07, 6.45) is -0.639. The molecule has 0 spiro atoms. The van der Waals surface area contributed by atoms with Gasteiger partial charge < -0.3 is 67.8 Å². The van der Waals surface area contributed by atoms with Crippen LogP contribution in [0.2, 0.25) is 0 Å². The Morgan fingerprint density at radius 3 is 1.38 bits per heavy atom. The molecule has 0 aliphatic carbocycles. The van der Waals surface area contributed by atoms with Crippen LogP contribution in [0.4, 0.5) is 26.3 Å². The van der Waals surface area contributed by atoms with Gasteiger partial charge >= 0.3 is 54.0 Å². The number of nitrogens with one attached hydrogen (secondary N) is 2. The number of hydrogen-bond donors (Lipinski definition) is 3. The highest BCUT2D eigenvalue weighted by Crippen LogP contribution is 2.67. The summed E-state index contributed by atoms with van der Waals surface area (Å²) in [6.45, 7) is 16.6. The van der Waals surface area contributed by atoms with E-state index >= 15 is 0 Å². The molecule has 4 fully saturated rings. The molecule has 8 bridgehead atoms. The van der Waals surface area contributed by atoms with Gasteiger partial charge in [-0.15, -0.1) is 36.7 Å². The monoisotopic (exact) mass is 1780 g/mol. The molecule has 6 aromatic carbocycles. The van der Waals surface area contributed by atoms with Gasteiger partial charge in [0.05, 0.1) is 61.0 Å². The van der Waals surface area contributed by atoms with Crippen molar-refractivity contribution in [2.75, 3.05) is 65.6 Å². The van der Waals surface area contributed by atoms with E-state index in [1.807, 2.05) is 89.5 Å². The fourth-order valence-electron chi connectivity index (χ4n) is 18.8. The van der Waals surface area contributed by atoms with Crippen LogP contribution >= 0.6 is 35.1 Å². The first-order valence-corrected chi connectivity index (χ1v) is 41.8. The molecule has 0 aromatic heterocycles. The van der Waals surface area contributed by atoms with E-state index in [9.17, 15) is 80.3 Å². The van der Waals surface area contributed by atoms with Crippen molar-refractivity contribution >= 4 is 94.2 Å². The number of amides is 2. The number of thioether (sulfide) groups is 2. The summed E-state index contributed by atoms with van der Waals surface area (Å²) in [5.74, 6) is -7.84. The molecule has 0 radical (unpaired) electrons. The average molecular weight is 1790 g/mol. The molecule has 16 rings (SSSR count).